The molecule has 0 rings (SSSR count). The first-order valence-electron chi connectivity index (χ1n) is 24.5. The molecule has 0 fully saturated rings. The molecule has 60 heavy (non-hydrogen) atoms. The van der Waals surface area contributed by atoms with Gasteiger partial charge in [0.2, 0.25) is 11.8 Å². The van der Waals surface area contributed by atoms with Gasteiger partial charge in [0.1, 0.15) is 13.2 Å². The Morgan fingerprint density at radius 2 is 0.867 bits per heavy atom. The van der Waals surface area contributed by atoms with E-state index in [-0.39, 0.29) is 44.1 Å². The highest BCUT2D eigenvalue weighted by Crippen LogP contribution is 2.12. The summed E-state index contributed by atoms with van der Waals surface area (Å²) in [4.78, 5) is 53.8. The van der Waals surface area contributed by atoms with E-state index in [0.717, 1.165) is 77.3 Å². The third-order valence-corrected chi connectivity index (χ3v) is 10.6. The van der Waals surface area contributed by atoms with Crippen molar-refractivity contribution >= 4 is 23.8 Å². The number of carbonyl (C=O) groups is 4. The van der Waals surface area contributed by atoms with E-state index in [9.17, 15) is 19.2 Å². The zero-order valence-electron chi connectivity index (χ0n) is 39.3. The van der Waals surface area contributed by atoms with Crippen molar-refractivity contribution in [1.29, 1.82) is 0 Å². The number of nitrogens with zero attached hydrogens (tertiary/aromatic N) is 2. The molecule has 2 amide bonds. The van der Waals surface area contributed by atoms with Crippen LogP contribution in [-0.2, 0) is 28.7 Å². The molecular formula is C50H92N4O6. The van der Waals surface area contributed by atoms with E-state index >= 15 is 0 Å². The van der Waals surface area contributed by atoms with Gasteiger partial charge in [0, 0.05) is 51.2 Å². The van der Waals surface area contributed by atoms with Gasteiger partial charge in [0.15, 0.2) is 0 Å². The maximum Gasteiger partial charge on any atom is 0.305 e. The SMILES string of the molecule is CCCCCCCC/C=C\CCCCCCCC(=O)OCCN(CCOC(=O)CCCCCCC/C=C\CCCCCCCC)C(=O)C=CC(=O)NCCNCCN(C)C. The molecule has 0 unspecified atom stereocenters. The lowest BCUT2D eigenvalue weighted by molar-refractivity contribution is -0.146. The first-order valence-corrected chi connectivity index (χ1v) is 24.5. The quantitative estimate of drug-likeness (QED) is 0.0269. The van der Waals surface area contributed by atoms with Crippen LogP contribution < -0.4 is 10.6 Å². The van der Waals surface area contributed by atoms with Crippen molar-refractivity contribution in [1.82, 2.24) is 20.4 Å². The third-order valence-electron chi connectivity index (χ3n) is 10.6. The Morgan fingerprint density at radius 3 is 1.28 bits per heavy atom. The van der Waals surface area contributed by atoms with Crippen LogP contribution in [0.2, 0.25) is 0 Å². The standard InChI is InChI=1S/C50H92N4O6/c1-5-7-9-11-13-15-17-19-21-23-25-27-29-31-33-35-49(57)59-45-43-54(48(56)38-37-47(55)52-40-39-51-41-42-53(3)4)44-46-60-50(58)36-34-32-30-28-26-24-22-20-18-16-14-12-10-8-6-2/h19-22,37-38,51H,5-18,23-36,39-46H2,1-4H3,(H,52,55)/b21-19-,22-20-,38-37?. The average Bonchev–Trinajstić information content (AvgIpc) is 3.23. The molecule has 0 aliphatic heterocycles. The molecule has 0 radical (unpaired) electrons. The summed E-state index contributed by atoms with van der Waals surface area (Å²) in [6, 6.07) is 0. The van der Waals surface area contributed by atoms with Gasteiger partial charge in [0.05, 0.1) is 13.1 Å². The molecule has 0 atom stereocenters. The van der Waals surface area contributed by atoms with E-state index in [4.69, 9.17) is 9.47 Å². The lowest BCUT2D eigenvalue weighted by Crippen LogP contribution is -2.37. The molecule has 2 N–H and O–H groups in total. The number of nitrogens with one attached hydrogen (secondary N) is 2. The largest absolute Gasteiger partial charge is 0.464 e. The van der Waals surface area contributed by atoms with Crippen molar-refractivity contribution in [2.45, 2.75) is 194 Å². The van der Waals surface area contributed by atoms with Crippen molar-refractivity contribution < 1.29 is 28.7 Å². The molecule has 348 valence electrons. The molecule has 10 heteroatoms. The lowest BCUT2D eigenvalue weighted by Gasteiger charge is -2.21. The molecule has 0 aromatic carbocycles. The molecule has 0 aliphatic rings. The van der Waals surface area contributed by atoms with Gasteiger partial charge < -0.3 is 29.9 Å². The predicted octanol–water partition coefficient (Wildman–Crippen LogP) is 10.8. The number of unbranched alkanes of at least 4 members (excludes halogenated alkanes) is 22. The highest BCUT2D eigenvalue weighted by Gasteiger charge is 2.14. The summed E-state index contributed by atoms with van der Waals surface area (Å²) < 4.78 is 10.9. The fraction of sp³-hybridized carbons (Fsp3) is 0.800. The van der Waals surface area contributed by atoms with Gasteiger partial charge >= 0.3 is 11.9 Å². The summed E-state index contributed by atoms with van der Waals surface area (Å²) in [6.45, 7) is 7.65. The summed E-state index contributed by atoms with van der Waals surface area (Å²) in [5, 5.41) is 6.03. The molecular weight excluding hydrogens is 753 g/mol. The smallest absolute Gasteiger partial charge is 0.305 e. The number of rotatable bonds is 44. The summed E-state index contributed by atoms with van der Waals surface area (Å²) >= 11 is 0. The zero-order chi connectivity index (χ0) is 44.0. The fourth-order valence-corrected chi connectivity index (χ4v) is 6.71. The van der Waals surface area contributed by atoms with Crippen molar-refractivity contribution in [3.63, 3.8) is 0 Å². The van der Waals surface area contributed by atoms with Crippen LogP contribution in [0.1, 0.15) is 194 Å². The number of allylic oxidation sites excluding steroid dienone is 4. The van der Waals surface area contributed by atoms with Crippen LogP contribution >= 0.6 is 0 Å². The molecule has 0 heterocycles. The monoisotopic (exact) mass is 845 g/mol. The van der Waals surface area contributed by atoms with Gasteiger partial charge in [-0.1, -0.05) is 141 Å². The van der Waals surface area contributed by atoms with Gasteiger partial charge in [-0.25, -0.2) is 0 Å². The van der Waals surface area contributed by atoms with Crippen molar-refractivity contribution in [3.8, 4) is 0 Å². The second-order valence-electron chi connectivity index (χ2n) is 16.6. The minimum Gasteiger partial charge on any atom is -0.464 e. The molecule has 0 saturated carbocycles. The van der Waals surface area contributed by atoms with E-state index < -0.39 is 5.91 Å². The van der Waals surface area contributed by atoms with Crippen LogP contribution in [0.15, 0.2) is 36.5 Å². The topological polar surface area (TPSA) is 117 Å². The second-order valence-corrected chi connectivity index (χ2v) is 16.6. The van der Waals surface area contributed by atoms with E-state index in [1.807, 2.05) is 14.1 Å². The van der Waals surface area contributed by atoms with E-state index in [0.29, 0.717) is 25.9 Å². The van der Waals surface area contributed by atoms with Crippen molar-refractivity contribution in [2.24, 2.45) is 0 Å². The average molecular weight is 845 g/mol. The molecule has 0 spiro atoms. The lowest BCUT2D eigenvalue weighted by atomic mass is 10.1. The Morgan fingerprint density at radius 1 is 0.467 bits per heavy atom. The Labute approximate surface area is 368 Å². The van der Waals surface area contributed by atoms with E-state index in [1.165, 1.54) is 120 Å². The Kier molecular flexibility index (Phi) is 43.3. The van der Waals surface area contributed by atoms with Crippen LogP contribution in [-0.4, -0.2) is 100 Å². The summed E-state index contributed by atoms with van der Waals surface area (Å²) in [7, 11) is 4.01. The maximum atomic E-state index is 13.1. The molecule has 0 aliphatic carbocycles. The van der Waals surface area contributed by atoms with Crippen LogP contribution in [0.25, 0.3) is 0 Å². The second kappa shape index (κ2) is 45.5. The van der Waals surface area contributed by atoms with Gasteiger partial charge in [-0.05, 0) is 78.3 Å². The molecule has 0 bridgehead atoms. The fourth-order valence-electron chi connectivity index (χ4n) is 6.71. The van der Waals surface area contributed by atoms with E-state index in [1.54, 1.807) is 0 Å². The number of carbonyl (C=O) groups excluding carboxylic acids is 4. The minimum absolute atomic E-state index is 0.0389. The molecule has 0 saturated heterocycles. The van der Waals surface area contributed by atoms with Crippen LogP contribution in [0.5, 0.6) is 0 Å². The van der Waals surface area contributed by atoms with Gasteiger partial charge in [-0.2, -0.15) is 0 Å². The number of likely N-dealkylation sites (N-methyl/N-ethyl adjacent to an activating group) is 1. The van der Waals surface area contributed by atoms with Crippen LogP contribution in [0, 0.1) is 0 Å². The summed E-state index contributed by atoms with van der Waals surface area (Å²) in [5.74, 6) is -1.33. The first-order chi connectivity index (χ1) is 29.3. The highest BCUT2D eigenvalue weighted by atomic mass is 16.5. The Balaban J connectivity index is 4.44. The number of ether oxygens (including phenoxy) is 2. The number of esters is 2. The van der Waals surface area contributed by atoms with Gasteiger partial charge in [-0.15, -0.1) is 0 Å². The predicted molar refractivity (Wildman–Crippen MR) is 251 cm³/mol. The van der Waals surface area contributed by atoms with Crippen LogP contribution in [0.3, 0.4) is 0 Å². The number of hydrogen-bond acceptors (Lipinski definition) is 8. The summed E-state index contributed by atoms with van der Waals surface area (Å²) in [5.41, 5.74) is 0. The summed E-state index contributed by atoms with van der Waals surface area (Å²) in [6.07, 6.45) is 43.5. The maximum absolute atomic E-state index is 13.1. The van der Waals surface area contributed by atoms with Gasteiger partial charge in [-0.3, -0.25) is 19.2 Å². The molecule has 10 nitrogen and oxygen atoms in total. The Hall–Kier alpha value is -2.98. The van der Waals surface area contributed by atoms with Gasteiger partial charge in [0.25, 0.3) is 0 Å². The van der Waals surface area contributed by atoms with Crippen molar-refractivity contribution in [2.75, 3.05) is 66.6 Å². The van der Waals surface area contributed by atoms with Crippen LogP contribution in [0.4, 0.5) is 0 Å². The minimum atomic E-state index is -0.407. The molecule has 0 aromatic heterocycles. The number of hydrogen-bond donors (Lipinski definition) is 2. The van der Waals surface area contributed by atoms with E-state index in [2.05, 4.69) is 53.7 Å². The number of amides is 2. The molecule has 0 aromatic rings. The third kappa shape index (κ3) is 43.1. The van der Waals surface area contributed by atoms with Crippen molar-refractivity contribution in [3.05, 3.63) is 36.5 Å². The zero-order valence-corrected chi connectivity index (χ0v) is 39.3. The highest BCUT2D eigenvalue weighted by molar-refractivity contribution is 5.96. The normalized spacial score (nSPS) is 11.7. The Bertz CT molecular complexity index is 1050. The first kappa shape index (κ1) is 57.0.